The number of carbonyl (C=O) groups is 1. The predicted molar refractivity (Wildman–Crippen MR) is 86.5 cm³/mol. The molecule has 1 aromatic rings. The third-order valence-electron chi connectivity index (χ3n) is 5.26. The minimum absolute atomic E-state index is 0.0893. The van der Waals surface area contributed by atoms with Crippen LogP contribution in [-0.4, -0.2) is 43.8 Å². The van der Waals surface area contributed by atoms with Crippen molar-refractivity contribution in [3.05, 3.63) is 35.4 Å². The van der Waals surface area contributed by atoms with E-state index in [1.807, 2.05) is 25.1 Å². The molecule has 0 bridgehead atoms. The van der Waals surface area contributed by atoms with Gasteiger partial charge in [0, 0.05) is 13.1 Å². The van der Waals surface area contributed by atoms with Crippen LogP contribution in [-0.2, 0) is 20.0 Å². The highest BCUT2D eigenvalue weighted by Crippen LogP contribution is 2.45. The Balaban J connectivity index is 1.86. The Bertz CT molecular complexity index is 692. The van der Waals surface area contributed by atoms with Crippen molar-refractivity contribution in [2.24, 2.45) is 0 Å². The molecule has 0 N–H and O–H groups in total. The molecule has 4 nitrogen and oxygen atoms in total. The topological polar surface area (TPSA) is 54.5 Å². The first-order chi connectivity index (χ1) is 10.3. The SMILES string of the molecule is Cc1cccc(C2(C(=O)N(C)[C@H]3CCS(=O)(=O)C3)CCC2)c1. The smallest absolute Gasteiger partial charge is 0.233 e. The molecular weight excluding hydrogens is 298 g/mol. The highest BCUT2D eigenvalue weighted by Gasteiger charge is 2.48. The van der Waals surface area contributed by atoms with E-state index in [1.165, 1.54) is 0 Å². The molecule has 0 aromatic heterocycles. The number of nitrogens with zero attached hydrogens (tertiary/aromatic N) is 1. The number of sulfone groups is 1. The van der Waals surface area contributed by atoms with Crippen LogP contribution < -0.4 is 0 Å². The molecule has 0 unspecified atom stereocenters. The van der Waals surface area contributed by atoms with Crippen molar-refractivity contribution in [2.75, 3.05) is 18.6 Å². The predicted octanol–water partition coefficient (Wildman–Crippen LogP) is 2.06. The number of likely N-dealkylation sites (N-methyl/N-ethyl adjacent to an activating group) is 1. The number of hydrogen-bond donors (Lipinski definition) is 0. The van der Waals surface area contributed by atoms with Crippen LogP contribution >= 0.6 is 0 Å². The first-order valence-corrected chi connectivity index (χ1v) is 9.71. The molecule has 1 aliphatic carbocycles. The van der Waals surface area contributed by atoms with E-state index in [2.05, 4.69) is 6.07 Å². The van der Waals surface area contributed by atoms with Crippen LogP contribution in [0, 0.1) is 6.92 Å². The summed E-state index contributed by atoms with van der Waals surface area (Å²) in [5.41, 5.74) is 1.80. The molecule has 1 amide bonds. The minimum atomic E-state index is -2.97. The first kappa shape index (κ1) is 15.5. The Labute approximate surface area is 132 Å². The molecule has 3 rings (SSSR count). The van der Waals surface area contributed by atoms with E-state index in [0.717, 1.165) is 30.4 Å². The molecule has 0 radical (unpaired) electrons. The van der Waals surface area contributed by atoms with Crippen LogP contribution in [0.25, 0.3) is 0 Å². The van der Waals surface area contributed by atoms with Crippen molar-refractivity contribution >= 4 is 15.7 Å². The lowest BCUT2D eigenvalue weighted by Crippen LogP contribution is -2.53. The fourth-order valence-corrected chi connectivity index (χ4v) is 5.46. The standard InChI is InChI=1S/C17H23NO3S/c1-13-5-3-6-14(11-13)17(8-4-9-17)16(19)18(2)15-7-10-22(20,21)12-15/h3,5-6,11,15H,4,7-10,12H2,1-2H3/t15-/m0/s1. The highest BCUT2D eigenvalue weighted by molar-refractivity contribution is 7.91. The van der Waals surface area contributed by atoms with Gasteiger partial charge in [-0.15, -0.1) is 0 Å². The Kier molecular flexibility index (Phi) is 3.79. The van der Waals surface area contributed by atoms with Crippen LogP contribution in [0.2, 0.25) is 0 Å². The normalized spacial score (nSPS) is 25.5. The van der Waals surface area contributed by atoms with E-state index >= 15 is 0 Å². The van der Waals surface area contributed by atoms with Gasteiger partial charge in [-0.25, -0.2) is 8.42 Å². The summed E-state index contributed by atoms with van der Waals surface area (Å²) in [6, 6.07) is 7.99. The zero-order chi connectivity index (χ0) is 16.0. The van der Waals surface area contributed by atoms with Gasteiger partial charge >= 0.3 is 0 Å². The number of hydrogen-bond acceptors (Lipinski definition) is 3. The highest BCUT2D eigenvalue weighted by atomic mass is 32.2. The van der Waals surface area contributed by atoms with Crippen LogP contribution in [0.15, 0.2) is 24.3 Å². The van der Waals surface area contributed by atoms with Crippen molar-refractivity contribution in [3.8, 4) is 0 Å². The lowest BCUT2D eigenvalue weighted by molar-refractivity contribution is -0.141. The largest absolute Gasteiger partial charge is 0.341 e. The maximum absolute atomic E-state index is 13.1. The summed E-state index contributed by atoms with van der Waals surface area (Å²) in [4.78, 5) is 14.8. The van der Waals surface area contributed by atoms with Crippen molar-refractivity contribution in [1.29, 1.82) is 0 Å². The fraction of sp³-hybridized carbons (Fsp3) is 0.588. The zero-order valence-corrected chi connectivity index (χ0v) is 14.0. The summed E-state index contributed by atoms with van der Waals surface area (Å²) >= 11 is 0. The minimum Gasteiger partial charge on any atom is -0.341 e. The molecule has 5 heteroatoms. The maximum atomic E-state index is 13.1. The van der Waals surface area contributed by atoms with Crippen molar-refractivity contribution in [1.82, 2.24) is 4.90 Å². The lowest BCUT2D eigenvalue weighted by atomic mass is 9.63. The molecule has 1 atom stereocenters. The summed E-state index contributed by atoms with van der Waals surface area (Å²) in [5, 5.41) is 0. The summed E-state index contributed by atoms with van der Waals surface area (Å²) < 4.78 is 23.4. The second-order valence-corrected chi connectivity index (χ2v) is 9.01. The van der Waals surface area contributed by atoms with Crippen molar-refractivity contribution in [3.63, 3.8) is 0 Å². The van der Waals surface area contributed by atoms with E-state index < -0.39 is 15.3 Å². The molecular formula is C17H23NO3S. The molecule has 1 saturated heterocycles. The van der Waals surface area contributed by atoms with Crippen LogP contribution in [0.5, 0.6) is 0 Å². The number of rotatable bonds is 3. The Morgan fingerprint density at radius 2 is 2.05 bits per heavy atom. The molecule has 1 heterocycles. The summed E-state index contributed by atoms with van der Waals surface area (Å²) in [5.74, 6) is 0.401. The third-order valence-corrected chi connectivity index (χ3v) is 7.01. The third kappa shape index (κ3) is 2.56. The van der Waals surface area contributed by atoms with Gasteiger partial charge < -0.3 is 4.90 Å². The number of aryl methyl sites for hydroxylation is 1. The maximum Gasteiger partial charge on any atom is 0.233 e. The summed E-state index contributed by atoms with van der Waals surface area (Å²) in [6.45, 7) is 2.04. The average Bonchev–Trinajstić information content (AvgIpc) is 2.77. The summed E-state index contributed by atoms with van der Waals surface area (Å²) in [7, 11) is -1.21. The average molecular weight is 321 g/mol. The molecule has 1 aliphatic heterocycles. The Hall–Kier alpha value is -1.36. The van der Waals surface area contributed by atoms with E-state index in [0.29, 0.717) is 6.42 Å². The molecule has 120 valence electrons. The van der Waals surface area contributed by atoms with Crippen molar-refractivity contribution < 1.29 is 13.2 Å². The van der Waals surface area contributed by atoms with E-state index in [4.69, 9.17) is 0 Å². The van der Waals surface area contributed by atoms with E-state index in [1.54, 1.807) is 11.9 Å². The van der Waals surface area contributed by atoms with E-state index in [9.17, 15) is 13.2 Å². The van der Waals surface area contributed by atoms with Gasteiger partial charge in [-0.05, 0) is 31.7 Å². The van der Waals surface area contributed by atoms with E-state index in [-0.39, 0.29) is 23.5 Å². The first-order valence-electron chi connectivity index (χ1n) is 7.89. The second kappa shape index (κ2) is 5.37. The molecule has 2 fully saturated rings. The second-order valence-electron chi connectivity index (χ2n) is 6.78. The molecule has 22 heavy (non-hydrogen) atoms. The number of benzene rings is 1. The van der Waals surface area contributed by atoms with Crippen LogP contribution in [0.4, 0.5) is 0 Å². The molecule has 0 spiro atoms. The van der Waals surface area contributed by atoms with Gasteiger partial charge in [-0.2, -0.15) is 0 Å². The van der Waals surface area contributed by atoms with Gasteiger partial charge in [-0.3, -0.25) is 4.79 Å². The Morgan fingerprint density at radius 3 is 2.55 bits per heavy atom. The van der Waals surface area contributed by atoms with Gasteiger partial charge in [0.25, 0.3) is 0 Å². The van der Waals surface area contributed by atoms with Crippen LogP contribution in [0.3, 0.4) is 0 Å². The van der Waals surface area contributed by atoms with Crippen LogP contribution in [0.1, 0.15) is 36.8 Å². The molecule has 2 aliphatic rings. The number of carbonyl (C=O) groups excluding carboxylic acids is 1. The van der Waals surface area contributed by atoms with Gasteiger partial charge in [0.15, 0.2) is 9.84 Å². The van der Waals surface area contributed by atoms with Gasteiger partial charge in [-0.1, -0.05) is 36.2 Å². The monoisotopic (exact) mass is 321 g/mol. The zero-order valence-electron chi connectivity index (χ0n) is 13.2. The fourth-order valence-electron chi connectivity index (χ4n) is 3.68. The molecule has 1 aromatic carbocycles. The Morgan fingerprint density at radius 1 is 1.32 bits per heavy atom. The summed E-state index contributed by atoms with van der Waals surface area (Å²) in [6.07, 6.45) is 3.34. The van der Waals surface area contributed by atoms with Crippen molar-refractivity contribution in [2.45, 2.75) is 44.1 Å². The lowest BCUT2D eigenvalue weighted by Gasteiger charge is -2.44. The van der Waals surface area contributed by atoms with Gasteiger partial charge in [0.2, 0.25) is 5.91 Å². The molecule has 1 saturated carbocycles. The van der Waals surface area contributed by atoms with Gasteiger partial charge in [0.05, 0.1) is 16.9 Å². The number of amides is 1. The van der Waals surface area contributed by atoms with Gasteiger partial charge in [0.1, 0.15) is 0 Å². The quantitative estimate of drug-likeness (QED) is 0.856.